The Bertz CT molecular complexity index is 201. The van der Waals surface area contributed by atoms with Gasteiger partial charge in [-0.3, -0.25) is 4.90 Å². The summed E-state index contributed by atoms with van der Waals surface area (Å²) in [5, 5.41) is 3.55. The zero-order valence-corrected chi connectivity index (χ0v) is 13.7. The fourth-order valence-electron chi connectivity index (χ4n) is 2.41. The monoisotopic (exact) mass is 274 g/mol. The van der Waals surface area contributed by atoms with Crippen molar-refractivity contribution in [1.82, 2.24) is 10.2 Å². The Morgan fingerprint density at radius 3 is 2.26 bits per heavy atom. The van der Waals surface area contributed by atoms with Gasteiger partial charge in [-0.2, -0.15) is 0 Å². The van der Waals surface area contributed by atoms with E-state index in [1.165, 1.54) is 6.42 Å². The van der Waals surface area contributed by atoms with E-state index in [1.807, 2.05) is 0 Å². The summed E-state index contributed by atoms with van der Waals surface area (Å²) < 4.78 is 10.6. The molecule has 0 saturated heterocycles. The largest absolute Gasteiger partial charge is 0.383 e. The highest BCUT2D eigenvalue weighted by atomic mass is 16.5. The lowest BCUT2D eigenvalue weighted by atomic mass is 10.0. The molecule has 0 aliphatic carbocycles. The molecule has 0 aromatic heterocycles. The van der Waals surface area contributed by atoms with E-state index in [1.54, 1.807) is 14.2 Å². The molecule has 2 atom stereocenters. The topological polar surface area (TPSA) is 33.7 Å². The number of nitrogens with one attached hydrogen (secondary N) is 1. The molecule has 0 amide bonds. The van der Waals surface area contributed by atoms with Crippen LogP contribution in [0.25, 0.3) is 0 Å². The molecule has 0 rings (SSSR count). The SMILES string of the molecule is CCCNCC(C(C)C)N(CCOC)C(C)COC. The number of hydrogen-bond acceptors (Lipinski definition) is 4. The van der Waals surface area contributed by atoms with E-state index in [4.69, 9.17) is 9.47 Å². The van der Waals surface area contributed by atoms with Crippen molar-refractivity contribution in [2.24, 2.45) is 5.92 Å². The molecule has 4 nitrogen and oxygen atoms in total. The van der Waals surface area contributed by atoms with Crippen molar-refractivity contribution in [1.29, 1.82) is 0 Å². The number of ether oxygens (including phenoxy) is 2. The van der Waals surface area contributed by atoms with Gasteiger partial charge in [-0.15, -0.1) is 0 Å². The number of rotatable bonds is 12. The van der Waals surface area contributed by atoms with Gasteiger partial charge in [0.15, 0.2) is 0 Å². The van der Waals surface area contributed by atoms with E-state index < -0.39 is 0 Å². The minimum Gasteiger partial charge on any atom is -0.383 e. The summed E-state index contributed by atoms with van der Waals surface area (Å²) in [4.78, 5) is 2.51. The third-order valence-electron chi connectivity index (χ3n) is 3.50. The van der Waals surface area contributed by atoms with Gasteiger partial charge in [-0.05, 0) is 25.8 Å². The van der Waals surface area contributed by atoms with E-state index in [0.717, 1.165) is 32.8 Å². The van der Waals surface area contributed by atoms with Gasteiger partial charge >= 0.3 is 0 Å². The van der Waals surface area contributed by atoms with Crippen LogP contribution in [0.3, 0.4) is 0 Å². The normalized spacial score (nSPS) is 15.2. The molecule has 0 aromatic rings. The van der Waals surface area contributed by atoms with Crippen molar-refractivity contribution in [2.75, 3.05) is 47.1 Å². The molecule has 2 unspecified atom stereocenters. The number of nitrogens with zero attached hydrogens (tertiary/aromatic N) is 1. The molecule has 116 valence electrons. The Morgan fingerprint density at radius 1 is 1.11 bits per heavy atom. The van der Waals surface area contributed by atoms with Gasteiger partial charge in [0.05, 0.1) is 13.2 Å². The van der Waals surface area contributed by atoms with Crippen LogP contribution in [0.15, 0.2) is 0 Å². The highest BCUT2D eigenvalue weighted by molar-refractivity contribution is 4.81. The third kappa shape index (κ3) is 7.88. The lowest BCUT2D eigenvalue weighted by molar-refractivity contribution is 0.0327. The maximum atomic E-state index is 5.32. The second-order valence-corrected chi connectivity index (χ2v) is 5.55. The second-order valence-electron chi connectivity index (χ2n) is 5.55. The Labute approximate surface area is 119 Å². The highest BCUT2D eigenvalue weighted by Crippen LogP contribution is 2.14. The average Bonchev–Trinajstić information content (AvgIpc) is 2.37. The zero-order valence-electron chi connectivity index (χ0n) is 13.7. The summed E-state index contributed by atoms with van der Waals surface area (Å²) in [6.45, 7) is 13.6. The van der Waals surface area contributed by atoms with Crippen LogP contribution in [0, 0.1) is 5.92 Å². The Kier molecular flexibility index (Phi) is 11.6. The lowest BCUT2D eigenvalue weighted by Crippen LogP contribution is -2.52. The fraction of sp³-hybridized carbons (Fsp3) is 1.00. The van der Waals surface area contributed by atoms with E-state index in [9.17, 15) is 0 Å². The second kappa shape index (κ2) is 11.6. The molecule has 0 saturated carbocycles. The molecule has 0 aliphatic rings. The summed E-state index contributed by atoms with van der Waals surface area (Å²) in [7, 11) is 3.53. The lowest BCUT2D eigenvalue weighted by Gasteiger charge is -2.38. The first kappa shape index (κ1) is 18.8. The van der Waals surface area contributed by atoms with Crippen LogP contribution >= 0.6 is 0 Å². The zero-order chi connectivity index (χ0) is 14.7. The molecule has 0 heterocycles. The number of hydrogen-bond donors (Lipinski definition) is 1. The van der Waals surface area contributed by atoms with Crippen molar-refractivity contribution in [3.8, 4) is 0 Å². The van der Waals surface area contributed by atoms with Crippen molar-refractivity contribution in [3.05, 3.63) is 0 Å². The summed E-state index contributed by atoms with van der Waals surface area (Å²) in [6, 6.07) is 0.933. The average molecular weight is 274 g/mol. The predicted octanol–water partition coefficient (Wildman–Crippen LogP) is 1.99. The van der Waals surface area contributed by atoms with Gasteiger partial charge in [-0.1, -0.05) is 20.8 Å². The highest BCUT2D eigenvalue weighted by Gasteiger charge is 2.25. The summed E-state index contributed by atoms with van der Waals surface area (Å²) in [5.41, 5.74) is 0. The first-order valence-electron chi connectivity index (χ1n) is 7.52. The summed E-state index contributed by atoms with van der Waals surface area (Å²) in [6.07, 6.45) is 1.18. The molecular weight excluding hydrogens is 240 g/mol. The van der Waals surface area contributed by atoms with Crippen molar-refractivity contribution in [2.45, 2.75) is 46.2 Å². The molecule has 0 aliphatic heterocycles. The van der Waals surface area contributed by atoms with Crippen LogP contribution in [-0.2, 0) is 9.47 Å². The van der Waals surface area contributed by atoms with E-state index in [0.29, 0.717) is 18.0 Å². The van der Waals surface area contributed by atoms with Crippen LogP contribution in [0.2, 0.25) is 0 Å². The van der Waals surface area contributed by atoms with Crippen LogP contribution in [0.4, 0.5) is 0 Å². The predicted molar refractivity (Wildman–Crippen MR) is 81.7 cm³/mol. The van der Waals surface area contributed by atoms with Crippen molar-refractivity contribution in [3.63, 3.8) is 0 Å². The molecule has 1 N–H and O–H groups in total. The minimum atomic E-state index is 0.413. The first-order chi connectivity index (χ1) is 9.08. The summed E-state index contributed by atoms with van der Waals surface area (Å²) >= 11 is 0. The van der Waals surface area contributed by atoms with Gasteiger partial charge in [0.2, 0.25) is 0 Å². The van der Waals surface area contributed by atoms with Crippen LogP contribution in [0.1, 0.15) is 34.1 Å². The van der Waals surface area contributed by atoms with Gasteiger partial charge in [0, 0.05) is 39.4 Å². The van der Waals surface area contributed by atoms with Gasteiger partial charge in [0.25, 0.3) is 0 Å². The molecule has 4 heteroatoms. The van der Waals surface area contributed by atoms with Gasteiger partial charge in [0.1, 0.15) is 0 Å². The van der Waals surface area contributed by atoms with E-state index in [-0.39, 0.29) is 0 Å². The first-order valence-corrected chi connectivity index (χ1v) is 7.52. The molecule has 19 heavy (non-hydrogen) atoms. The minimum absolute atomic E-state index is 0.413. The standard InChI is InChI=1S/C15H34N2O2/c1-7-8-16-11-15(13(2)3)17(9-10-18-5)14(4)12-19-6/h13-16H,7-12H2,1-6H3. The number of methoxy groups -OCH3 is 2. The molecule has 0 spiro atoms. The van der Waals surface area contributed by atoms with Crippen LogP contribution in [0.5, 0.6) is 0 Å². The smallest absolute Gasteiger partial charge is 0.0615 e. The molecular formula is C15H34N2O2. The molecule has 0 bridgehead atoms. The van der Waals surface area contributed by atoms with Crippen molar-refractivity contribution < 1.29 is 9.47 Å². The third-order valence-corrected chi connectivity index (χ3v) is 3.50. The van der Waals surface area contributed by atoms with Crippen molar-refractivity contribution >= 4 is 0 Å². The van der Waals surface area contributed by atoms with E-state index >= 15 is 0 Å². The molecule has 0 radical (unpaired) electrons. The maximum Gasteiger partial charge on any atom is 0.0615 e. The van der Waals surface area contributed by atoms with Crippen LogP contribution in [-0.4, -0.2) is 64.1 Å². The quantitative estimate of drug-likeness (QED) is 0.552. The van der Waals surface area contributed by atoms with Gasteiger partial charge in [-0.25, -0.2) is 0 Å². The maximum absolute atomic E-state index is 5.32. The fourth-order valence-corrected chi connectivity index (χ4v) is 2.41. The molecule has 0 fully saturated rings. The Morgan fingerprint density at radius 2 is 1.79 bits per heavy atom. The summed E-state index contributed by atoms with van der Waals surface area (Å²) in [5.74, 6) is 0.612. The van der Waals surface area contributed by atoms with Gasteiger partial charge < -0.3 is 14.8 Å². The van der Waals surface area contributed by atoms with E-state index in [2.05, 4.69) is 37.9 Å². The molecule has 0 aromatic carbocycles. The Hall–Kier alpha value is -0.160. The van der Waals surface area contributed by atoms with Crippen LogP contribution < -0.4 is 5.32 Å². The Balaban J connectivity index is 4.60.